The summed E-state index contributed by atoms with van der Waals surface area (Å²) in [6.45, 7) is 1.45. The first-order valence-electron chi connectivity index (χ1n) is 9.77. The van der Waals surface area contributed by atoms with Crippen LogP contribution in [0.2, 0.25) is 0 Å². The van der Waals surface area contributed by atoms with E-state index in [-0.39, 0.29) is 22.6 Å². The number of benzene rings is 2. The highest BCUT2D eigenvalue weighted by molar-refractivity contribution is 5.97. The maximum atomic E-state index is 14.8. The van der Waals surface area contributed by atoms with E-state index in [0.29, 0.717) is 23.2 Å². The molecule has 3 N–H and O–H groups in total. The lowest BCUT2D eigenvalue weighted by Crippen LogP contribution is -2.38. The van der Waals surface area contributed by atoms with Crippen LogP contribution in [0.15, 0.2) is 29.1 Å². The Hall–Kier alpha value is -2.94. The molecule has 5 nitrogen and oxygen atoms in total. The van der Waals surface area contributed by atoms with Crippen LogP contribution in [0.1, 0.15) is 36.1 Å². The van der Waals surface area contributed by atoms with Crippen molar-refractivity contribution >= 4 is 16.5 Å². The van der Waals surface area contributed by atoms with Gasteiger partial charge < -0.3 is 10.6 Å². The SMILES string of the molecule is O=c1[nH]nc2c3c(cc(F)cc13)N[C@@H](c1c(F)cc(F)cc1F)[C@@H]2C1CCNCC1. The summed E-state index contributed by atoms with van der Waals surface area (Å²) in [5.41, 5.74) is -0.177. The number of nitrogens with one attached hydrogen (secondary N) is 3. The van der Waals surface area contributed by atoms with Gasteiger partial charge >= 0.3 is 0 Å². The van der Waals surface area contributed by atoms with Gasteiger partial charge in [0.1, 0.15) is 23.3 Å². The van der Waals surface area contributed by atoms with Crippen molar-refractivity contribution in [1.82, 2.24) is 15.5 Å². The third-order valence-corrected chi connectivity index (χ3v) is 6.11. The van der Waals surface area contributed by atoms with Crippen LogP contribution in [0, 0.1) is 29.2 Å². The van der Waals surface area contributed by atoms with E-state index < -0.39 is 40.8 Å². The van der Waals surface area contributed by atoms with Crippen LogP contribution < -0.4 is 16.2 Å². The molecule has 0 amide bonds. The number of rotatable bonds is 2. The monoisotopic (exact) mass is 418 g/mol. The van der Waals surface area contributed by atoms with Crippen molar-refractivity contribution in [3.05, 3.63) is 69.1 Å². The summed E-state index contributed by atoms with van der Waals surface area (Å²) in [5, 5.41) is 13.5. The molecule has 156 valence electrons. The molecule has 30 heavy (non-hydrogen) atoms. The summed E-state index contributed by atoms with van der Waals surface area (Å²) in [6.07, 6.45) is 1.46. The Morgan fingerprint density at radius 2 is 1.60 bits per heavy atom. The van der Waals surface area contributed by atoms with E-state index in [4.69, 9.17) is 0 Å². The first kappa shape index (κ1) is 19.0. The van der Waals surface area contributed by atoms with Crippen molar-refractivity contribution in [3.63, 3.8) is 0 Å². The fourth-order valence-corrected chi connectivity index (χ4v) is 4.86. The molecule has 5 rings (SSSR count). The van der Waals surface area contributed by atoms with Crippen LogP contribution in [0.4, 0.5) is 23.2 Å². The number of hydrogen-bond donors (Lipinski definition) is 3. The van der Waals surface area contributed by atoms with Crippen LogP contribution in [-0.4, -0.2) is 23.3 Å². The normalized spacial score (nSPS) is 21.6. The predicted octanol–water partition coefficient (Wildman–Crippen LogP) is 3.73. The Bertz CT molecular complexity index is 1180. The van der Waals surface area contributed by atoms with Crippen molar-refractivity contribution < 1.29 is 17.6 Å². The van der Waals surface area contributed by atoms with Crippen molar-refractivity contribution in [2.75, 3.05) is 18.4 Å². The number of nitrogens with zero attached hydrogens (tertiary/aromatic N) is 1. The van der Waals surface area contributed by atoms with E-state index >= 15 is 0 Å². The minimum atomic E-state index is -1.02. The first-order valence-corrected chi connectivity index (χ1v) is 9.77. The van der Waals surface area contributed by atoms with Crippen LogP contribution >= 0.6 is 0 Å². The molecule has 3 aromatic rings. The van der Waals surface area contributed by atoms with Gasteiger partial charge in [0.25, 0.3) is 5.56 Å². The van der Waals surface area contributed by atoms with Gasteiger partial charge in [-0.1, -0.05) is 0 Å². The summed E-state index contributed by atoms with van der Waals surface area (Å²) in [6, 6.07) is 2.64. The van der Waals surface area contributed by atoms with Crippen molar-refractivity contribution in [2.24, 2.45) is 5.92 Å². The molecular formula is C21H18F4N4O. The second-order valence-corrected chi connectivity index (χ2v) is 7.83. The molecule has 3 heterocycles. The summed E-state index contributed by atoms with van der Waals surface area (Å²) in [5.74, 6) is -4.23. The zero-order chi connectivity index (χ0) is 21.0. The van der Waals surface area contributed by atoms with Crippen LogP contribution in [0.3, 0.4) is 0 Å². The molecule has 0 spiro atoms. The quantitative estimate of drug-likeness (QED) is 0.555. The second-order valence-electron chi connectivity index (χ2n) is 7.83. The summed E-state index contributed by atoms with van der Waals surface area (Å²) >= 11 is 0. The summed E-state index contributed by atoms with van der Waals surface area (Å²) in [7, 11) is 0. The molecule has 0 saturated carbocycles. The van der Waals surface area contributed by atoms with Crippen LogP contribution in [-0.2, 0) is 0 Å². The van der Waals surface area contributed by atoms with Gasteiger partial charge in [0.2, 0.25) is 0 Å². The Kier molecular flexibility index (Phi) is 4.50. The standard InChI is InChI=1S/C21H18F4N4O/c22-10-5-12-17-15(8-10)27-19(18-13(24)6-11(23)7-14(18)25)16(9-1-3-26-4-2-9)20(17)28-29-21(12)30/h5-9,16,19,26-27H,1-4H2,(H,29,30)/t16-,19+/m0/s1. The highest BCUT2D eigenvalue weighted by atomic mass is 19.1. The smallest absolute Gasteiger partial charge is 0.272 e. The summed E-state index contributed by atoms with van der Waals surface area (Å²) in [4.78, 5) is 12.3. The van der Waals surface area contributed by atoms with E-state index in [2.05, 4.69) is 20.8 Å². The minimum Gasteiger partial charge on any atom is -0.377 e. The van der Waals surface area contributed by atoms with Crippen molar-refractivity contribution in [1.29, 1.82) is 0 Å². The van der Waals surface area contributed by atoms with Crippen molar-refractivity contribution in [3.8, 4) is 0 Å². The Labute approximate surface area is 168 Å². The minimum absolute atomic E-state index is 0.00703. The largest absolute Gasteiger partial charge is 0.377 e. The van der Waals surface area contributed by atoms with Gasteiger partial charge in [0.05, 0.1) is 17.1 Å². The van der Waals surface area contributed by atoms with E-state index in [1.54, 1.807) is 0 Å². The van der Waals surface area contributed by atoms with Crippen LogP contribution in [0.25, 0.3) is 10.8 Å². The molecule has 0 bridgehead atoms. The number of aromatic amines is 1. The Morgan fingerprint density at radius 1 is 0.933 bits per heavy atom. The molecule has 0 unspecified atom stereocenters. The van der Waals surface area contributed by atoms with Gasteiger partial charge in [-0.25, -0.2) is 22.7 Å². The van der Waals surface area contributed by atoms with Crippen LogP contribution in [0.5, 0.6) is 0 Å². The number of piperidine rings is 1. The average Bonchev–Trinajstić information content (AvgIpc) is 2.70. The van der Waals surface area contributed by atoms with E-state index in [9.17, 15) is 22.4 Å². The fraction of sp³-hybridized carbons (Fsp3) is 0.333. The summed E-state index contributed by atoms with van der Waals surface area (Å²) < 4.78 is 57.3. The second kappa shape index (κ2) is 7.09. The average molecular weight is 418 g/mol. The van der Waals surface area contributed by atoms with Gasteiger partial charge in [-0.2, -0.15) is 5.10 Å². The fourth-order valence-electron chi connectivity index (χ4n) is 4.86. The van der Waals surface area contributed by atoms with Gasteiger partial charge in [-0.15, -0.1) is 0 Å². The molecule has 2 aliphatic heterocycles. The molecular weight excluding hydrogens is 400 g/mol. The molecule has 0 radical (unpaired) electrons. The third kappa shape index (κ3) is 2.96. The van der Waals surface area contributed by atoms with E-state index in [0.717, 1.165) is 32.0 Å². The van der Waals surface area contributed by atoms with Gasteiger partial charge in [0.15, 0.2) is 0 Å². The number of anilines is 1. The maximum absolute atomic E-state index is 14.8. The number of hydrogen-bond acceptors (Lipinski definition) is 4. The maximum Gasteiger partial charge on any atom is 0.272 e. The molecule has 2 aliphatic rings. The highest BCUT2D eigenvalue weighted by Crippen LogP contribution is 2.49. The molecule has 0 aliphatic carbocycles. The number of aromatic nitrogens is 2. The molecule has 2 aromatic carbocycles. The third-order valence-electron chi connectivity index (χ3n) is 6.11. The molecule has 1 fully saturated rings. The lowest BCUT2D eigenvalue weighted by Gasteiger charge is -2.40. The number of halogens is 4. The Morgan fingerprint density at radius 3 is 2.30 bits per heavy atom. The van der Waals surface area contributed by atoms with Gasteiger partial charge in [-0.05, 0) is 44.0 Å². The number of H-pyrrole nitrogens is 1. The molecule has 2 atom stereocenters. The lowest BCUT2D eigenvalue weighted by atomic mass is 9.73. The van der Waals surface area contributed by atoms with Gasteiger partial charge in [0, 0.05) is 34.7 Å². The lowest BCUT2D eigenvalue weighted by molar-refractivity contribution is 0.285. The topological polar surface area (TPSA) is 69.8 Å². The molecule has 1 saturated heterocycles. The zero-order valence-electron chi connectivity index (χ0n) is 15.7. The highest BCUT2D eigenvalue weighted by Gasteiger charge is 2.41. The molecule has 9 heteroatoms. The Balaban J connectivity index is 1.77. The van der Waals surface area contributed by atoms with E-state index in [1.165, 1.54) is 6.07 Å². The first-order chi connectivity index (χ1) is 14.4. The zero-order valence-corrected chi connectivity index (χ0v) is 15.7. The predicted molar refractivity (Wildman–Crippen MR) is 103 cm³/mol. The van der Waals surface area contributed by atoms with Gasteiger partial charge in [-0.3, -0.25) is 4.79 Å². The van der Waals surface area contributed by atoms with Crippen molar-refractivity contribution in [2.45, 2.75) is 24.8 Å². The molecule has 1 aromatic heterocycles. The van der Waals surface area contributed by atoms with E-state index in [1.807, 2.05) is 0 Å².